The zero-order chi connectivity index (χ0) is 17.0. The summed E-state index contributed by atoms with van der Waals surface area (Å²) >= 11 is 0. The lowest BCUT2D eigenvalue weighted by atomic mass is 9.93. The molecule has 0 radical (unpaired) electrons. The molecule has 7 nitrogen and oxygen atoms in total. The third kappa shape index (κ3) is 3.91. The number of aromatic nitrogens is 3. The summed E-state index contributed by atoms with van der Waals surface area (Å²) in [6.07, 6.45) is 0. The first-order chi connectivity index (χ1) is 10.9. The van der Waals surface area contributed by atoms with Gasteiger partial charge in [-0.15, -0.1) is 5.10 Å². The molecule has 1 aromatic heterocycles. The average molecular weight is 322 g/mol. The van der Waals surface area contributed by atoms with Gasteiger partial charge in [0.2, 0.25) is 5.82 Å². The largest absolute Gasteiger partial charge is 0.396 e. The molecule has 0 unspecified atom stereocenters. The minimum Gasteiger partial charge on any atom is -0.396 e. The van der Waals surface area contributed by atoms with E-state index >= 15 is 0 Å². The van der Waals surface area contributed by atoms with Crippen molar-refractivity contribution >= 4 is 5.91 Å². The molecule has 23 heavy (non-hydrogen) atoms. The van der Waals surface area contributed by atoms with E-state index in [0.29, 0.717) is 11.5 Å². The summed E-state index contributed by atoms with van der Waals surface area (Å²) in [4.78, 5) is 16.2. The van der Waals surface area contributed by atoms with E-state index in [2.05, 4.69) is 15.4 Å². The SMILES string of the molecule is Cc1nc(C(=O)NCC(C)(CO)CO)nn1-c1ccc(F)cc1. The van der Waals surface area contributed by atoms with E-state index in [4.69, 9.17) is 0 Å². The number of nitrogens with zero attached hydrogens (tertiary/aromatic N) is 3. The van der Waals surface area contributed by atoms with Crippen LogP contribution in [0, 0.1) is 18.2 Å². The lowest BCUT2D eigenvalue weighted by Crippen LogP contribution is -2.40. The van der Waals surface area contributed by atoms with Gasteiger partial charge in [-0.3, -0.25) is 4.79 Å². The van der Waals surface area contributed by atoms with E-state index in [1.165, 1.54) is 28.9 Å². The lowest BCUT2D eigenvalue weighted by Gasteiger charge is -2.24. The van der Waals surface area contributed by atoms with Gasteiger partial charge in [-0.1, -0.05) is 6.92 Å². The average Bonchev–Trinajstić information content (AvgIpc) is 2.95. The molecule has 0 aliphatic heterocycles. The van der Waals surface area contributed by atoms with Crippen molar-refractivity contribution in [2.45, 2.75) is 13.8 Å². The number of aliphatic hydroxyl groups is 2. The predicted molar refractivity (Wildman–Crippen MR) is 80.7 cm³/mol. The van der Waals surface area contributed by atoms with E-state index in [0.717, 1.165) is 0 Å². The zero-order valence-corrected chi connectivity index (χ0v) is 13.0. The molecule has 0 saturated carbocycles. The van der Waals surface area contributed by atoms with Gasteiger partial charge in [0, 0.05) is 12.0 Å². The Balaban J connectivity index is 2.14. The molecule has 2 rings (SSSR count). The quantitative estimate of drug-likeness (QED) is 0.716. The van der Waals surface area contributed by atoms with Gasteiger partial charge < -0.3 is 15.5 Å². The first kappa shape index (κ1) is 17.0. The van der Waals surface area contributed by atoms with Crippen molar-refractivity contribution in [3.63, 3.8) is 0 Å². The molecule has 0 aliphatic rings. The molecule has 1 aromatic carbocycles. The van der Waals surface area contributed by atoms with E-state index in [1.54, 1.807) is 13.8 Å². The van der Waals surface area contributed by atoms with Crippen LogP contribution in [0.25, 0.3) is 5.69 Å². The number of rotatable bonds is 6. The number of aryl methyl sites for hydroxylation is 1. The molecule has 0 fully saturated rings. The van der Waals surface area contributed by atoms with Crippen LogP contribution in [0.5, 0.6) is 0 Å². The van der Waals surface area contributed by atoms with Gasteiger partial charge in [0.05, 0.1) is 18.9 Å². The number of halogens is 1. The Morgan fingerprint density at radius 3 is 2.48 bits per heavy atom. The van der Waals surface area contributed by atoms with Crippen molar-refractivity contribution < 1.29 is 19.4 Å². The summed E-state index contributed by atoms with van der Waals surface area (Å²) < 4.78 is 14.4. The van der Waals surface area contributed by atoms with Gasteiger partial charge in [0.25, 0.3) is 5.91 Å². The van der Waals surface area contributed by atoms with E-state index < -0.39 is 11.3 Å². The summed E-state index contributed by atoms with van der Waals surface area (Å²) in [5, 5.41) is 25.1. The molecule has 0 aliphatic carbocycles. The van der Waals surface area contributed by atoms with Gasteiger partial charge in [-0.05, 0) is 31.2 Å². The maximum atomic E-state index is 13.0. The first-order valence-corrected chi connectivity index (χ1v) is 7.08. The molecule has 0 bridgehead atoms. The zero-order valence-electron chi connectivity index (χ0n) is 13.0. The topological polar surface area (TPSA) is 100 Å². The summed E-state index contributed by atoms with van der Waals surface area (Å²) in [7, 11) is 0. The Hall–Kier alpha value is -2.32. The molecule has 1 heterocycles. The molecule has 3 N–H and O–H groups in total. The number of nitrogens with one attached hydrogen (secondary N) is 1. The Morgan fingerprint density at radius 2 is 1.91 bits per heavy atom. The molecular weight excluding hydrogens is 303 g/mol. The summed E-state index contributed by atoms with van der Waals surface area (Å²) in [6.45, 7) is 2.88. The van der Waals surface area contributed by atoms with Crippen LogP contribution in [-0.4, -0.2) is 50.6 Å². The van der Waals surface area contributed by atoms with Crippen molar-refractivity contribution in [2.75, 3.05) is 19.8 Å². The summed E-state index contributed by atoms with van der Waals surface area (Å²) in [5.74, 6) is -0.433. The van der Waals surface area contributed by atoms with Crippen LogP contribution in [0.3, 0.4) is 0 Å². The molecule has 0 spiro atoms. The highest BCUT2D eigenvalue weighted by molar-refractivity contribution is 5.90. The number of carbonyl (C=O) groups is 1. The van der Waals surface area contributed by atoms with Gasteiger partial charge in [-0.2, -0.15) is 0 Å². The second kappa shape index (κ2) is 6.84. The van der Waals surface area contributed by atoms with Gasteiger partial charge in [-0.25, -0.2) is 14.1 Å². The van der Waals surface area contributed by atoms with Gasteiger partial charge in [0.15, 0.2) is 0 Å². The minimum atomic E-state index is -0.815. The number of amides is 1. The van der Waals surface area contributed by atoms with Crippen LogP contribution in [0.1, 0.15) is 23.4 Å². The monoisotopic (exact) mass is 322 g/mol. The standard InChI is InChI=1S/C15H19FN4O3/c1-10-18-13(14(23)17-7-15(2,8-21)9-22)19-20(10)12-5-3-11(16)4-6-12/h3-6,21-22H,7-9H2,1-2H3,(H,17,23). The molecule has 1 amide bonds. The van der Waals surface area contributed by atoms with E-state index in [-0.39, 0.29) is 31.4 Å². The number of hydrogen-bond donors (Lipinski definition) is 3. The van der Waals surface area contributed by atoms with Crippen LogP contribution >= 0.6 is 0 Å². The van der Waals surface area contributed by atoms with Crippen molar-refractivity contribution in [1.82, 2.24) is 20.1 Å². The third-order valence-corrected chi connectivity index (χ3v) is 3.48. The Morgan fingerprint density at radius 1 is 1.30 bits per heavy atom. The van der Waals surface area contributed by atoms with Crippen LogP contribution in [-0.2, 0) is 0 Å². The van der Waals surface area contributed by atoms with Crippen molar-refractivity contribution in [2.24, 2.45) is 5.41 Å². The smallest absolute Gasteiger partial charge is 0.291 e. The summed E-state index contributed by atoms with van der Waals surface area (Å²) in [6, 6.07) is 5.66. The fourth-order valence-electron chi connectivity index (χ4n) is 1.85. The van der Waals surface area contributed by atoms with Crippen molar-refractivity contribution in [3.8, 4) is 5.69 Å². The van der Waals surface area contributed by atoms with E-state index in [9.17, 15) is 19.4 Å². The van der Waals surface area contributed by atoms with Crippen LogP contribution in [0.2, 0.25) is 0 Å². The second-order valence-corrected chi connectivity index (χ2v) is 5.68. The molecule has 124 valence electrons. The van der Waals surface area contributed by atoms with Crippen LogP contribution in [0.15, 0.2) is 24.3 Å². The molecule has 8 heteroatoms. The maximum Gasteiger partial charge on any atom is 0.291 e. The second-order valence-electron chi connectivity index (χ2n) is 5.68. The summed E-state index contributed by atoms with van der Waals surface area (Å²) in [5.41, 5.74) is -0.226. The van der Waals surface area contributed by atoms with Crippen LogP contribution < -0.4 is 5.32 Å². The molecule has 2 aromatic rings. The van der Waals surface area contributed by atoms with E-state index in [1.807, 2.05) is 0 Å². The number of carbonyl (C=O) groups excluding carboxylic acids is 1. The fraction of sp³-hybridized carbons (Fsp3) is 0.400. The highest BCUT2D eigenvalue weighted by Gasteiger charge is 2.24. The molecule has 0 saturated heterocycles. The maximum absolute atomic E-state index is 13.0. The highest BCUT2D eigenvalue weighted by atomic mass is 19.1. The normalized spacial score (nSPS) is 11.5. The highest BCUT2D eigenvalue weighted by Crippen LogP contribution is 2.13. The number of aliphatic hydroxyl groups excluding tert-OH is 2. The third-order valence-electron chi connectivity index (χ3n) is 3.48. The molecule has 0 atom stereocenters. The minimum absolute atomic E-state index is 0.0370. The van der Waals surface area contributed by atoms with Gasteiger partial charge in [0.1, 0.15) is 11.6 Å². The number of hydrogen-bond acceptors (Lipinski definition) is 5. The lowest BCUT2D eigenvalue weighted by molar-refractivity contribution is 0.0643. The van der Waals surface area contributed by atoms with Crippen molar-refractivity contribution in [1.29, 1.82) is 0 Å². The fourth-order valence-corrected chi connectivity index (χ4v) is 1.85. The molecular formula is C15H19FN4O3. The number of benzene rings is 1. The Kier molecular flexibility index (Phi) is 5.07. The van der Waals surface area contributed by atoms with Crippen LogP contribution in [0.4, 0.5) is 4.39 Å². The van der Waals surface area contributed by atoms with Gasteiger partial charge >= 0.3 is 0 Å². The Labute approximate surface area is 132 Å². The first-order valence-electron chi connectivity index (χ1n) is 7.08. The van der Waals surface area contributed by atoms with Crippen molar-refractivity contribution in [3.05, 3.63) is 41.7 Å². The predicted octanol–water partition coefficient (Wildman–Crippen LogP) is 0.436. The Bertz CT molecular complexity index is 681.